The minimum Gasteiger partial charge on any atom is -0.378 e. The van der Waals surface area contributed by atoms with Gasteiger partial charge < -0.3 is 9.64 Å². The fraction of sp³-hybridized carbons (Fsp3) is 0.231. The number of morpholine rings is 1. The summed E-state index contributed by atoms with van der Waals surface area (Å²) in [5.74, 6) is 0.185. The van der Waals surface area contributed by atoms with Crippen LogP contribution in [0.15, 0.2) is 78.9 Å². The molecule has 0 radical (unpaired) electrons. The van der Waals surface area contributed by atoms with Crippen LogP contribution in [0, 0.1) is 0 Å². The summed E-state index contributed by atoms with van der Waals surface area (Å²) in [5.41, 5.74) is 4.91. The number of carbonyl (C=O) groups is 2. The highest BCUT2D eigenvalue weighted by Gasteiger charge is 2.18. The molecular weight excluding hydrogens is 374 g/mol. The van der Waals surface area contributed by atoms with E-state index in [1.165, 1.54) is 5.56 Å². The van der Waals surface area contributed by atoms with Crippen LogP contribution in [-0.4, -0.2) is 42.9 Å². The van der Waals surface area contributed by atoms with E-state index in [0.29, 0.717) is 44.7 Å². The first-order valence-electron chi connectivity index (χ1n) is 10.3. The van der Waals surface area contributed by atoms with Gasteiger partial charge in [-0.3, -0.25) is 9.59 Å². The summed E-state index contributed by atoms with van der Waals surface area (Å²) in [6, 6.07) is 25.7. The number of benzene rings is 3. The van der Waals surface area contributed by atoms with E-state index in [2.05, 4.69) is 24.3 Å². The Kier molecular flexibility index (Phi) is 6.35. The quantitative estimate of drug-likeness (QED) is 0.625. The zero-order chi connectivity index (χ0) is 20.8. The third kappa shape index (κ3) is 5.02. The average Bonchev–Trinajstić information content (AvgIpc) is 2.81. The molecule has 1 aliphatic heterocycles. The molecule has 4 rings (SSSR count). The number of nitrogens with zero attached hydrogens (tertiary/aromatic N) is 1. The van der Waals surface area contributed by atoms with Gasteiger partial charge in [0.1, 0.15) is 5.78 Å². The molecular formula is C26H25NO3. The highest BCUT2D eigenvalue weighted by atomic mass is 16.5. The van der Waals surface area contributed by atoms with Gasteiger partial charge in [0.25, 0.3) is 5.91 Å². The first-order chi connectivity index (χ1) is 14.7. The maximum atomic E-state index is 12.5. The molecule has 1 aliphatic rings. The Morgan fingerprint density at radius 3 is 1.83 bits per heavy atom. The number of amides is 1. The van der Waals surface area contributed by atoms with Crippen LogP contribution < -0.4 is 0 Å². The third-order valence-electron chi connectivity index (χ3n) is 5.36. The first-order valence-corrected chi connectivity index (χ1v) is 10.3. The van der Waals surface area contributed by atoms with Crippen LogP contribution in [-0.2, 0) is 22.4 Å². The molecule has 1 amide bonds. The van der Waals surface area contributed by atoms with Crippen molar-refractivity contribution in [2.45, 2.75) is 12.8 Å². The van der Waals surface area contributed by atoms with Gasteiger partial charge in [-0.05, 0) is 34.4 Å². The van der Waals surface area contributed by atoms with E-state index in [-0.39, 0.29) is 11.7 Å². The minimum atomic E-state index is 0.0229. The minimum absolute atomic E-state index is 0.0229. The molecule has 0 spiro atoms. The average molecular weight is 399 g/mol. The van der Waals surface area contributed by atoms with E-state index in [9.17, 15) is 9.59 Å². The molecule has 0 saturated carbocycles. The van der Waals surface area contributed by atoms with Crippen molar-refractivity contribution in [2.24, 2.45) is 0 Å². The van der Waals surface area contributed by atoms with Gasteiger partial charge in [0, 0.05) is 31.5 Å². The summed E-state index contributed by atoms with van der Waals surface area (Å²) < 4.78 is 5.30. The Bertz CT molecular complexity index is 989. The summed E-state index contributed by atoms with van der Waals surface area (Å²) in [4.78, 5) is 26.8. The van der Waals surface area contributed by atoms with Crippen molar-refractivity contribution >= 4 is 11.7 Å². The second-order valence-corrected chi connectivity index (χ2v) is 7.56. The first kappa shape index (κ1) is 20.0. The topological polar surface area (TPSA) is 46.6 Å². The van der Waals surface area contributed by atoms with Crippen LogP contribution in [0.1, 0.15) is 21.5 Å². The summed E-state index contributed by atoms with van der Waals surface area (Å²) in [5, 5.41) is 0. The monoisotopic (exact) mass is 399 g/mol. The summed E-state index contributed by atoms with van der Waals surface area (Å²) in [7, 11) is 0. The SMILES string of the molecule is O=C(Cc1ccc(C(=O)N2CCOCC2)cc1)Cc1ccc(-c2ccccc2)cc1. The fourth-order valence-corrected chi connectivity index (χ4v) is 3.68. The molecule has 1 saturated heterocycles. The summed E-state index contributed by atoms with van der Waals surface area (Å²) in [6.45, 7) is 2.43. The molecule has 4 nitrogen and oxygen atoms in total. The number of Topliss-reactive ketones (excluding diaryl/α,β-unsaturated/α-hetero) is 1. The zero-order valence-corrected chi connectivity index (χ0v) is 16.9. The molecule has 0 aliphatic carbocycles. The van der Waals surface area contributed by atoms with E-state index in [1.54, 1.807) is 0 Å². The van der Waals surface area contributed by atoms with Crippen molar-refractivity contribution in [3.8, 4) is 11.1 Å². The molecule has 3 aromatic rings. The lowest BCUT2D eigenvalue weighted by molar-refractivity contribution is -0.117. The van der Waals surface area contributed by atoms with Crippen molar-refractivity contribution in [3.05, 3.63) is 95.6 Å². The van der Waals surface area contributed by atoms with Gasteiger partial charge in [-0.15, -0.1) is 0 Å². The van der Waals surface area contributed by atoms with Gasteiger partial charge in [0.05, 0.1) is 13.2 Å². The number of ketones is 1. The van der Waals surface area contributed by atoms with Gasteiger partial charge in [0.15, 0.2) is 0 Å². The van der Waals surface area contributed by atoms with Crippen LogP contribution in [0.4, 0.5) is 0 Å². The second kappa shape index (κ2) is 9.51. The fourth-order valence-electron chi connectivity index (χ4n) is 3.68. The van der Waals surface area contributed by atoms with Crippen LogP contribution in [0.3, 0.4) is 0 Å². The molecule has 0 atom stereocenters. The standard InChI is InChI=1S/C26H25NO3/c28-25(18-20-6-10-23(11-7-20)22-4-2-1-3-5-22)19-21-8-12-24(13-9-21)26(29)27-14-16-30-17-15-27/h1-13H,14-19H2. The zero-order valence-electron chi connectivity index (χ0n) is 16.9. The van der Waals surface area contributed by atoms with Crippen molar-refractivity contribution in [3.63, 3.8) is 0 Å². The number of ether oxygens (including phenoxy) is 1. The van der Waals surface area contributed by atoms with Crippen molar-refractivity contribution in [1.82, 2.24) is 4.90 Å². The maximum absolute atomic E-state index is 12.5. The van der Waals surface area contributed by atoms with E-state index in [4.69, 9.17) is 4.74 Å². The maximum Gasteiger partial charge on any atom is 0.254 e. The molecule has 30 heavy (non-hydrogen) atoms. The smallest absolute Gasteiger partial charge is 0.254 e. The Morgan fingerprint density at radius 1 is 0.700 bits per heavy atom. The molecule has 0 aromatic heterocycles. The molecule has 3 aromatic carbocycles. The van der Waals surface area contributed by atoms with E-state index in [1.807, 2.05) is 59.5 Å². The largest absolute Gasteiger partial charge is 0.378 e. The second-order valence-electron chi connectivity index (χ2n) is 7.56. The Morgan fingerprint density at radius 2 is 1.23 bits per heavy atom. The van der Waals surface area contributed by atoms with Crippen molar-refractivity contribution < 1.29 is 14.3 Å². The number of hydrogen-bond donors (Lipinski definition) is 0. The highest BCUT2D eigenvalue weighted by Crippen LogP contribution is 2.19. The lowest BCUT2D eigenvalue weighted by Gasteiger charge is -2.26. The number of hydrogen-bond acceptors (Lipinski definition) is 3. The molecule has 4 heteroatoms. The summed E-state index contributed by atoms with van der Waals surface area (Å²) >= 11 is 0. The molecule has 1 heterocycles. The van der Waals surface area contributed by atoms with E-state index in [0.717, 1.165) is 16.7 Å². The number of carbonyl (C=O) groups excluding carboxylic acids is 2. The predicted molar refractivity (Wildman–Crippen MR) is 117 cm³/mol. The highest BCUT2D eigenvalue weighted by molar-refractivity contribution is 5.94. The Labute approximate surface area is 177 Å². The Hall–Kier alpha value is -3.24. The predicted octanol–water partition coefficient (Wildman–Crippen LogP) is 4.18. The Balaban J connectivity index is 1.33. The van der Waals surface area contributed by atoms with Gasteiger partial charge in [0.2, 0.25) is 0 Å². The molecule has 152 valence electrons. The van der Waals surface area contributed by atoms with Gasteiger partial charge in [-0.2, -0.15) is 0 Å². The van der Waals surface area contributed by atoms with Gasteiger partial charge in [-0.25, -0.2) is 0 Å². The van der Waals surface area contributed by atoms with Crippen molar-refractivity contribution in [1.29, 1.82) is 0 Å². The molecule has 1 fully saturated rings. The molecule has 0 unspecified atom stereocenters. The summed E-state index contributed by atoms with van der Waals surface area (Å²) in [6.07, 6.45) is 0.774. The normalized spacial score (nSPS) is 13.8. The van der Waals surface area contributed by atoms with Gasteiger partial charge >= 0.3 is 0 Å². The lowest BCUT2D eigenvalue weighted by Crippen LogP contribution is -2.40. The van der Waals surface area contributed by atoms with E-state index >= 15 is 0 Å². The van der Waals surface area contributed by atoms with Crippen LogP contribution in [0.25, 0.3) is 11.1 Å². The lowest BCUT2D eigenvalue weighted by atomic mass is 9.99. The van der Waals surface area contributed by atoms with Crippen LogP contribution in [0.5, 0.6) is 0 Å². The van der Waals surface area contributed by atoms with E-state index < -0.39 is 0 Å². The van der Waals surface area contributed by atoms with Crippen molar-refractivity contribution in [2.75, 3.05) is 26.3 Å². The molecule has 0 bridgehead atoms. The van der Waals surface area contributed by atoms with Crippen LogP contribution >= 0.6 is 0 Å². The third-order valence-corrected chi connectivity index (χ3v) is 5.36. The molecule has 0 N–H and O–H groups in total. The number of rotatable bonds is 6. The van der Waals surface area contributed by atoms with Gasteiger partial charge in [-0.1, -0.05) is 66.7 Å². The van der Waals surface area contributed by atoms with Crippen LogP contribution in [0.2, 0.25) is 0 Å².